The quantitative estimate of drug-likeness (QED) is 0.558. The summed E-state index contributed by atoms with van der Waals surface area (Å²) in [4.78, 5) is 9.88. The van der Waals surface area contributed by atoms with Crippen LogP contribution >= 0.6 is 11.8 Å². The highest BCUT2D eigenvalue weighted by molar-refractivity contribution is 8.03. The number of nitrogens with zero attached hydrogens (tertiary/aromatic N) is 1. The summed E-state index contributed by atoms with van der Waals surface area (Å²) in [6, 6.07) is 0. The Hall–Kier alpha value is -0.710. The lowest BCUT2D eigenvalue weighted by atomic mass is 10.2. The Balaban J connectivity index is 2.41. The van der Waals surface area contributed by atoms with E-state index in [0.717, 1.165) is 22.9 Å². The predicted molar refractivity (Wildman–Crippen MR) is 54.3 cm³/mol. The van der Waals surface area contributed by atoms with Crippen molar-refractivity contribution >= 4 is 11.8 Å². The third-order valence-electron chi connectivity index (χ3n) is 1.91. The Kier molecular flexibility index (Phi) is 4.08. The maximum atomic E-state index is 10.1. The minimum atomic E-state index is -0.266. The minimum Gasteiger partial charge on any atom is -0.380 e. The second-order valence-corrected chi connectivity index (χ2v) is 4.15. The number of nitro groups is 1. The molecule has 0 aromatic heterocycles. The van der Waals surface area contributed by atoms with Crippen LogP contribution in [-0.2, 0) is 0 Å². The van der Waals surface area contributed by atoms with Gasteiger partial charge >= 0.3 is 0 Å². The van der Waals surface area contributed by atoms with Gasteiger partial charge in [-0.05, 0) is 18.9 Å². The van der Waals surface area contributed by atoms with Crippen LogP contribution in [0.4, 0.5) is 0 Å². The van der Waals surface area contributed by atoms with Crippen molar-refractivity contribution < 1.29 is 4.92 Å². The predicted octanol–water partition coefficient (Wildman–Crippen LogP) is 1.61. The number of rotatable bonds is 3. The molecule has 5 heteroatoms. The molecule has 1 rings (SSSR count). The summed E-state index contributed by atoms with van der Waals surface area (Å²) in [5, 5.41) is 14.6. The third-order valence-corrected chi connectivity index (χ3v) is 3.18. The first-order valence-corrected chi connectivity index (χ1v) is 5.37. The molecule has 0 aromatic rings. The summed E-state index contributed by atoms with van der Waals surface area (Å²) in [5.74, 6) is 1.12. The van der Waals surface area contributed by atoms with E-state index in [9.17, 15) is 10.1 Å². The number of hydrogen-bond acceptors (Lipinski definition) is 4. The summed E-state index contributed by atoms with van der Waals surface area (Å²) in [5.41, 5.74) is 1.11. The lowest BCUT2D eigenvalue weighted by Gasteiger charge is -2.18. The summed E-state index contributed by atoms with van der Waals surface area (Å²) in [7, 11) is 0. The van der Waals surface area contributed by atoms with Gasteiger partial charge in [-0.15, -0.1) is 11.8 Å². The van der Waals surface area contributed by atoms with Crippen molar-refractivity contribution in [2.45, 2.75) is 19.8 Å². The molecule has 4 nitrogen and oxygen atoms in total. The average molecular weight is 202 g/mol. The van der Waals surface area contributed by atoms with Crippen molar-refractivity contribution in [1.29, 1.82) is 0 Å². The van der Waals surface area contributed by atoms with Gasteiger partial charge in [0.2, 0.25) is 6.54 Å². The summed E-state index contributed by atoms with van der Waals surface area (Å²) >= 11 is 1.77. The first-order valence-electron chi connectivity index (χ1n) is 4.38. The molecule has 0 bridgehead atoms. The normalized spacial score (nSPS) is 20.7. The van der Waals surface area contributed by atoms with E-state index in [0.29, 0.717) is 6.42 Å². The van der Waals surface area contributed by atoms with E-state index in [1.807, 2.05) is 6.92 Å². The molecule has 0 unspecified atom stereocenters. The summed E-state index contributed by atoms with van der Waals surface area (Å²) in [6.45, 7) is 3.00. The fraction of sp³-hybridized carbons (Fsp3) is 0.750. The molecule has 1 saturated heterocycles. The van der Waals surface area contributed by atoms with Gasteiger partial charge in [0, 0.05) is 23.6 Å². The van der Waals surface area contributed by atoms with Gasteiger partial charge in [-0.3, -0.25) is 10.1 Å². The second kappa shape index (κ2) is 5.11. The van der Waals surface area contributed by atoms with Crippen LogP contribution in [0.5, 0.6) is 0 Å². The molecule has 1 fully saturated rings. The van der Waals surface area contributed by atoms with Crippen LogP contribution < -0.4 is 5.32 Å². The molecule has 0 saturated carbocycles. The molecule has 1 aliphatic rings. The lowest BCUT2D eigenvalue weighted by Crippen LogP contribution is -2.20. The van der Waals surface area contributed by atoms with E-state index in [2.05, 4.69) is 5.32 Å². The van der Waals surface area contributed by atoms with Crippen molar-refractivity contribution in [1.82, 2.24) is 5.32 Å². The average Bonchev–Trinajstić information content (AvgIpc) is 2.15. The van der Waals surface area contributed by atoms with Gasteiger partial charge in [0.1, 0.15) is 0 Å². The molecule has 0 aliphatic carbocycles. The van der Waals surface area contributed by atoms with Crippen LogP contribution in [0, 0.1) is 10.1 Å². The zero-order chi connectivity index (χ0) is 9.68. The Morgan fingerprint density at radius 2 is 2.54 bits per heavy atom. The van der Waals surface area contributed by atoms with Crippen molar-refractivity contribution in [3.05, 3.63) is 20.7 Å². The molecule has 1 heterocycles. The SMILES string of the molecule is CC(CC[N+](=O)[O-])=C1NCCCS1. The Labute approximate surface area is 81.9 Å². The Morgan fingerprint density at radius 3 is 3.08 bits per heavy atom. The van der Waals surface area contributed by atoms with Crippen LogP contribution in [0.25, 0.3) is 0 Å². The second-order valence-electron chi connectivity index (χ2n) is 3.04. The number of hydrogen-bond donors (Lipinski definition) is 1. The maximum Gasteiger partial charge on any atom is 0.207 e. The highest BCUT2D eigenvalue weighted by atomic mass is 32.2. The molecule has 13 heavy (non-hydrogen) atoms. The number of nitrogens with one attached hydrogen (secondary N) is 1. The van der Waals surface area contributed by atoms with Crippen LogP contribution in [0.15, 0.2) is 10.6 Å². The topological polar surface area (TPSA) is 55.2 Å². The molecule has 1 aliphatic heterocycles. The van der Waals surface area contributed by atoms with Crippen LogP contribution in [0.3, 0.4) is 0 Å². The van der Waals surface area contributed by atoms with Gasteiger partial charge in [-0.25, -0.2) is 0 Å². The molecule has 0 spiro atoms. The molecular weight excluding hydrogens is 188 g/mol. The Bertz CT molecular complexity index is 220. The first kappa shape index (κ1) is 10.4. The van der Waals surface area contributed by atoms with Gasteiger partial charge in [0.25, 0.3) is 0 Å². The van der Waals surface area contributed by atoms with E-state index in [4.69, 9.17) is 0 Å². The van der Waals surface area contributed by atoms with Crippen molar-refractivity contribution in [3.8, 4) is 0 Å². The highest BCUT2D eigenvalue weighted by Crippen LogP contribution is 2.22. The van der Waals surface area contributed by atoms with Gasteiger partial charge < -0.3 is 5.32 Å². The lowest BCUT2D eigenvalue weighted by molar-refractivity contribution is -0.479. The molecule has 0 radical (unpaired) electrons. The zero-order valence-electron chi connectivity index (χ0n) is 7.71. The molecule has 1 N–H and O–H groups in total. The molecule has 0 atom stereocenters. The maximum absolute atomic E-state index is 10.1. The fourth-order valence-electron chi connectivity index (χ4n) is 1.15. The van der Waals surface area contributed by atoms with Gasteiger partial charge in [-0.1, -0.05) is 0 Å². The molecule has 0 aromatic carbocycles. The third kappa shape index (κ3) is 3.67. The van der Waals surface area contributed by atoms with Crippen molar-refractivity contribution in [2.75, 3.05) is 18.8 Å². The molecular formula is C8H14N2O2S. The van der Waals surface area contributed by atoms with Gasteiger partial charge in [0.15, 0.2) is 0 Å². The van der Waals surface area contributed by atoms with Crippen molar-refractivity contribution in [3.63, 3.8) is 0 Å². The van der Waals surface area contributed by atoms with E-state index in [-0.39, 0.29) is 11.5 Å². The van der Waals surface area contributed by atoms with Crippen LogP contribution in [-0.4, -0.2) is 23.8 Å². The van der Waals surface area contributed by atoms with Gasteiger partial charge in [-0.2, -0.15) is 0 Å². The monoisotopic (exact) mass is 202 g/mol. The fourth-order valence-corrected chi connectivity index (χ4v) is 2.19. The van der Waals surface area contributed by atoms with E-state index < -0.39 is 0 Å². The summed E-state index contributed by atoms with van der Waals surface area (Å²) < 4.78 is 0. The van der Waals surface area contributed by atoms with E-state index >= 15 is 0 Å². The minimum absolute atomic E-state index is 0.0393. The molecule has 0 amide bonds. The highest BCUT2D eigenvalue weighted by Gasteiger charge is 2.09. The Morgan fingerprint density at radius 1 is 1.77 bits per heavy atom. The van der Waals surface area contributed by atoms with Gasteiger partial charge in [0.05, 0.1) is 5.03 Å². The standard InChI is InChI=1S/C8H14N2O2S/c1-7(3-5-10(11)12)8-9-4-2-6-13-8/h9H,2-6H2,1H3. The van der Waals surface area contributed by atoms with E-state index in [1.165, 1.54) is 6.42 Å². The molecule has 74 valence electrons. The summed E-state index contributed by atoms with van der Waals surface area (Å²) in [6.07, 6.45) is 1.74. The van der Waals surface area contributed by atoms with Crippen molar-refractivity contribution in [2.24, 2.45) is 0 Å². The smallest absolute Gasteiger partial charge is 0.207 e. The zero-order valence-corrected chi connectivity index (χ0v) is 8.52. The van der Waals surface area contributed by atoms with Crippen LogP contribution in [0.2, 0.25) is 0 Å². The first-order chi connectivity index (χ1) is 6.20. The van der Waals surface area contributed by atoms with E-state index in [1.54, 1.807) is 11.8 Å². The number of thioether (sulfide) groups is 1. The largest absolute Gasteiger partial charge is 0.380 e. The van der Waals surface area contributed by atoms with Crippen LogP contribution in [0.1, 0.15) is 19.8 Å².